The molecule has 2 atom stereocenters. The van der Waals surface area contributed by atoms with Gasteiger partial charge in [-0.05, 0) is 63.4 Å². The summed E-state index contributed by atoms with van der Waals surface area (Å²) < 4.78 is 16.3. The van der Waals surface area contributed by atoms with Gasteiger partial charge in [-0.25, -0.2) is 5.01 Å². The Morgan fingerprint density at radius 3 is 2.75 bits per heavy atom. The first-order chi connectivity index (χ1) is 17.4. The highest BCUT2D eigenvalue weighted by molar-refractivity contribution is 6.04. The van der Waals surface area contributed by atoms with E-state index in [0.29, 0.717) is 31.1 Å². The molecule has 0 spiro atoms. The van der Waals surface area contributed by atoms with Crippen LogP contribution < -0.4 is 9.47 Å². The van der Waals surface area contributed by atoms with Gasteiger partial charge in [-0.15, -0.1) is 0 Å². The Morgan fingerprint density at radius 1 is 1.11 bits per heavy atom. The highest BCUT2D eigenvalue weighted by Gasteiger charge is 2.36. The first-order valence-corrected chi connectivity index (χ1v) is 12.7. The summed E-state index contributed by atoms with van der Waals surface area (Å²) in [5, 5.41) is 6.48. The van der Waals surface area contributed by atoms with E-state index in [0.717, 1.165) is 41.8 Å². The maximum atomic E-state index is 13.7. The zero-order valence-corrected chi connectivity index (χ0v) is 21.2. The minimum Gasteiger partial charge on any atom is -0.466 e. The van der Waals surface area contributed by atoms with E-state index in [1.807, 2.05) is 25.1 Å². The van der Waals surface area contributed by atoms with E-state index in [9.17, 15) is 9.59 Å². The SMILES string of the molecule is CCOC(=O)C1CCCN(CC(=O)N2N=C(c3ccc(C)cc3C)CC2c2ccc3c(c2)OCO3)C1. The average Bonchev–Trinajstić information content (AvgIpc) is 3.51. The summed E-state index contributed by atoms with van der Waals surface area (Å²) in [6.07, 6.45) is 2.27. The largest absolute Gasteiger partial charge is 0.466 e. The zero-order valence-electron chi connectivity index (χ0n) is 21.2. The van der Waals surface area contributed by atoms with Crippen molar-refractivity contribution in [1.82, 2.24) is 9.91 Å². The second-order valence-corrected chi connectivity index (χ2v) is 9.76. The summed E-state index contributed by atoms with van der Waals surface area (Å²) in [6.45, 7) is 8.05. The van der Waals surface area contributed by atoms with Crippen molar-refractivity contribution >= 4 is 17.6 Å². The topological polar surface area (TPSA) is 80.7 Å². The number of hydrogen-bond acceptors (Lipinski definition) is 7. The molecule has 8 heteroatoms. The number of aryl methyl sites for hydroxylation is 2. The van der Waals surface area contributed by atoms with Crippen molar-refractivity contribution in [3.63, 3.8) is 0 Å². The number of carbonyl (C=O) groups excluding carboxylic acids is 2. The second-order valence-electron chi connectivity index (χ2n) is 9.76. The Bertz CT molecular complexity index is 1190. The van der Waals surface area contributed by atoms with Gasteiger partial charge in [-0.3, -0.25) is 14.5 Å². The van der Waals surface area contributed by atoms with Crippen LogP contribution in [0.4, 0.5) is 0 Å². The monoisotopic (exact) mass is 491 g/mol. The number of piperidine rings is 1. The third kappa shape index (κ3) is 4.95. The summed E-state index contributed by atoms with van der Waals surface area (Å²) >= 11 is 0. The summed E-state index contributed by atoms with van der Waals surface area (Å²) in [5.41, 5.74) is 5.24. The van der Waals surface area contributed by atoms with Gasteiger partial charge in [0.15, 0.2) is 11.5 Å². The maximum Gasteiger partial charge on any atom is 0.310 e. The molecule has 190 valence electrons. The average molecular weight is 492 g/mol. The van der Waals surface area contributed by atoms with Gasteiger partial charge in [0.05, 0.1) is 30.8 Å². The molecular formula is C28H33N3O5. The van der Waals surface area contributed by atoms with Crippen molar-refractivity contribution in [3.05, 3.63) is 58.7 Å². The van der Waals surface area contributed by atoms with Crippen LogP contribution in [0.5, 0.6) is 11.5 Å². The lowest BCUT2D eigenvalue weighted by molar-refractivity contribution is -0.150. The molecule has 2 unspecified atom stereocenters. The molecule has 3 aliphatic rings. The van der Waals surface area contributed by atoms with Gasteiger partial charge in [0, 0.05) is 18.5 Å². The van der Waals surface area contributed by atoms with Crippen molar-refractivity contribution in [2.45, 2.75) is 46.1 Å². The zero-order chi connectivity index (χ0) is 25.2. The number of esters is 1. The molecule has 2 aromatic rings. The molecule has 0 aliphatic carbocycles. The molecule has 1 amide bonds. The van der Waals surface area contributed by atoms with Gasteiger partial charge in [-0.1, -0.05) is 29.8 Å². The first-order valence-electron chi connectivity index (χ1n) is 12.7. The van der Waals surface area contributed by atoms with Crippen LogP contribution in [-0.2, 0) is 14.3 Å². The fraction of sp³-hybridized carbons (Fsp3) is 0.464. The van der Waals surface area contributed by atoms with Gasteiger partial charge in [0.1, 0.15) is 0 Å². The van der Waals surface area contributed by atoms with Gasteiger partial charge < -0.3 is 14.2 Å². The Kier molecular flexibility index (Phi) is 6.96. The normalized spacial score (nSPS) is 21.4. The first kappa shape index (κ1) is 24.3. The molecular weight excluding hydrogens is 458 g/mol. The number of likely N-dealkylation sites (tertiary alicyclic amines) is 1. The number of fused-ring (bicyclic) bond motifs is 1. The third-order valence-corrected chi connectivity index (χ3v) is 7.12. The van der Waals surface area contributed by atoms with Gasteiger partial charge in [0.2, 0.25) is 6.79 Å². The number of rotatable bonds is 6. The molecule has 0 aromatic heterocycles. The highest BCUT2D eigenvalue weighted by atomic mass is 16.7. The molecule has 0 saturated carbocycles. The number of benzene rings is 2. The summed E-state index contributed by atoms with van der Waals surface area (Å²) in [7, 11) is 0. The summed E-state index contributed by atoms with van der Waals surface area (Å²) in [6, 6.07) is 11.9. The van der Waals surface area contributed by atoms with E-state index in [1.165, 1.54) is 5.56 Å². The Morgan fingerprint density at radius 2 is 1.94 bits per heavy atom. The van der Waals surface area contributed by atoms with Gasteiger partial charge in [-0.2, -0.15) is 5.10 Å². The van der Waals surface area contributed by atoms with Crippen LogP contribution in [0.2, 0.25) is 0 Å². The van der Waals surface area contributed by atoms with Crippen molar-refractivity contribution in [2.75, 3.05) is 33.0 Å². The number of carbonyl (C=O) groups is 2. The number of hydrogen-bond donors (Lipinski definition) is 0. The number of ether oxygens (including phenoxy) is 3. The fourth-order valence-corrected chi connectivity index (χ4v) is 5.34. The Balaban J connectivity index is 1.39. The second kappa shape index (κ2) is 10.3. The van der Waals surface area contributed by atoms with Crippen LogP contribution in [0.25, 0.3) is 0 Å². The van der Waals surface area contributed by atoms with Crippen molar-refractivity contribution in [2.24, 2.45) is 11.0 Å². The molecule has 36 heavy (non-hydrogen) atoms. The van der Waals surface area contributed by atoms with E-state index < -0.39 is 0 Å². The van der Waals surface area contributed by atoms with Crippen LogP contribution in [0.1, 0.15) is 54.5 Å². The van der Waals surface area contributed by atoms with E-state index in [4.69, 9.17) is 19.3 Å². The molecule has 3 aliphatic heterocycles. The summed E-state index contributed by atoms with van der Waals surface area (Å²) in [5.74, 6) is 0.951. The number of nitrogens with zero attached hydrogens (tertiary/aromatic N) is 3. The van der Waals surface area contributed by atoms with Crippen LogP contribution in [0, 0.1) is 19.8 Å². The molecule has 0 radical (unpaired) electrons. The van der Waals surface area contributed by atoms with Gasteiger partial charge >= 0.3 is 5.97 Å². The lowest BCUT2D eigenvalue weighted by Gasteiger charge is -2.32. The van der Waals surface area contributed by atoms with Crippen LogP contribution in [-0.4, -0.2) is 60.5 Å². The molecule has 5 rings (SSSR count). The predicted octanol–water partition coefficient (Wildman–Crippen LogP) is 3.98. The number of amides is 1. The van der Waals surface area contributed by atoms with E-state index in [2.05, 4.69) is 36.9 Å². The number of hydrazone groups is 1. The van der Waals surface area contributed by atoms with Crippen molar-refractivity contribution < 1.29 is 23.8 Å². The highest BCUT2D eigenvalue weighted by Crippen LogP contribution is 2.39. The quantitative estimate of drug-likeness (QED) is 0.569. The maximum absolute atomic E-state index is 13.7. The van der Waals surface area contributed by atoms with Crippen LogP contribution in [0.3, 0.4) is 0 Å². The molecule has 1 saturated heterocycles. The molecule has 8 nitrogen and oxygen atoms in total. The van der Waals surface area contributed by atoms with E-state index >= 15 is 0 Å². The smallest absolute Gasteiger partial charge is 0.310 e. The molecule has 0 bridgehead atoms. The lowest BCUT2D eigenvalue weighted by Crippen LogP contribution is -2.44. The predicted molar refractivity (Wildman–Crippen MR) is 135 cm³/mol. The van der Waals surface area contributed by atoms with Gasteiger partial charge in [0.25, 0.3) is 5.91 Å². The fourth-order valence-electron chi connectivity index (χ4n) is 5.34. The minimum atomic E-state index is -0.242. The third-order valence-electron chi connectivity index (χ3n) is 7.12. The van der Waals surface area contributed by atoms with E-state index in [-0.39, 0.29) is 37.2 Å². The van der Waals surface area contributed by atoms with Crippen molar-refractivity contribution in [1.29, 1.82) is 0 Å². The van der Waals surface area contributed by atoms with E-state index in [1.54, 1.807) is 5.01 Å². The lowest BCUT2D eigenvalue weighted by atomic mass is 9.95. The Hall–Kier alpha value is -3.39. The van der Waals surface area contributed by atoms with Crippen LogP contribution in [0.15, 0.2) is 41.5 Å². The Labute approximate surface area is 211 Å². The molecule has 0 N–H and O–H groups in total. The molecule has 2 aromatic carbocycles. The molecule has 1 fully saturated rings. The summed E-state index contributed by atoms with van der Waals surface area (Å²) in [4.78, 5) is 28.0. The van der Waals surface area contributed by atoms with Crippen LogP contribution >= 0.6 is 0 Å². The van der Waals surface area contributed by atoms with Crippen molar-refractivity contribution in [3.8, 4) is 11.5 Å². The molecule has 3 heterocycles. The standard InChI is InChI=1S/C28H33N3O5/c1-4-34-28(33)21-6-5-11-30(15-21)16-27(32)31-24(20-8-10-25-26(13-20)36-17-35-25)14-23(29-31)22-9-7-18(2)12-19(22)3/h7-10,12-13,21,24H,4-6,11,14-17H2,1-3H3. The minimum absolute atomic E-state index is 0.0815.